The van der Waals surface area contributed by atoms with Crippen LogP contribution < -0.4 is 0 Å². The Balaban J connectivity index is 2.91. The molecule has 0 N–H and O–H groups in total. The Bertz CT molecular complexity index is 264. The van der Waals surface area contributed by atoms with Crippen molar-refractivity contribution in [2.24, 2.45) is 5.92 Å². The van der Waals surface area contributed by atoms with E-state index in [1.54, 1.807) is 0 Å². The maximum atomic E-state index is 3.95. The van der Waals surface area contributed by atoms with Crippen LogP contribution in [0.3, 0.4) is 0 Å². The van der Waals surface area contributed by atoms with E-state index in [2.05, 4.69) is 39.2 Å². The lowest BCUT2D eigenvalue weighted by Gasteiger charge is -2.17. The van der Waals surface area contributed by atoms with Crippen LogP contribution >= 0.6 is 0 Å². The van der Waals surface area contributed by atoms with Crippen LogP contribution in [0, 0.1) is 5.92 Å². The second kappa shape index (κ2) is 3.57. The van der Waals surface area contributed by atoms with Gasteiger partial charge in [0.05, 0.1) is 0 Å². The normalized spacial score (nSPS) is 22.7. The van der Waals surface area contributed by atoms with Crippen molar-refractivity contribution in [3.63, 3.8) is 0 Å². The van der Waals surface area contributed by atoms with E-state index in [9.17, 15) is 0 Å². The summed E-state index contributed by atoms with van der Waals surface area (Å²) in [7, 11) is 0. The van der Waals surface area contributed by atoms with Crippen molar-refractivity contribution in [2.45, 2.75) is 20.3 Å². The van der Waals surface area contributed by atoms with Crippen molar-refractivity contribution in [3.05, 3.63) is 48.1 Å². The summed E-state index contributed by atoms with van der Waals surface area (Å²) >= 11 is 0. The van der Waals surface area contributed by atoms with Gasteiger partial charge in [-0.1, -0.05) is 43.9 Å². The summed E-state index contributed by atoms with van der Waals surface area (Å²) in [6.07, 6.45) is 7.36. The number of rotatable bonds is 2. The van der Waals surface area contributed by atoms with Crippen molar-refractivity contribution in [1.82, 2.24) is 0 Å². The first-order valence-corrected chi connectivity index (χ1v) is 4.34. The second-order valence-electron chi connectivity index (χ2n) is 3.46. The van der Waals surface area contributed by atoms with E-state index in [0.717, 1.165) is 12.0 Å². The predicted molar refractivity (Wildman–Crippen MR) is 55.0 cm³/mol. The molecule has 0 aromatic heterocycles. The minimum Gasteiger partial charge on any atom is -0.0985 e. The Morgan fingerprint density at radius 3 is 2.83 bits per heavy atom. The molecule has 0 amide bonds. The molecule has 1 aliphatic rings. The molecule has 0 aromatic carbocycles. The first-order chi connectivity index (χ1) is 5.65. The van der Waals surface area contributed by atoms with Gasteiger partial charge in [-0.05, 0) is 30.4 Å². The minimum atomic E-state index is 0.673. The lowest BCUT2D eigenvalue weighted by Crippen LogP contribution is -2.00. The molecule has 0 nitrogen and oxygen atoms in total. The highest BCUT2D eigenvalue weighted by Crippen LogP contribution is 2.26. The average molecular weight is 160 g/mol. The smallest absolute Gasteiger partial charge is 0.0204 e. The Labute approximate surface area is 75.0 Å². The van der Waals surface area contributed by atoms with E-state index < -0.39 is 0 Å². The summed E-state index contributed by atoms with van der Waals surface area (Å²) in [4.78, 5) is 0. The highest BCUT2D eigenvalue weighted by Gasteiger charge is 2.09. The van der Waals surface area contributed by atoms with E-state index in [-0.39, 0.29) is 0 Å². The average Bonchev–Trinajstić information content (AvgIpc) is 2.03. The van der Waals surface area contributed by atoms with E-state index >= 15 is 0 Å². The first kappa shape index (κ1) is 9.05. The molecule has 0 aliphatic heterocycles. The van der Waals surface area contributed by atoms with Gasteiger partial charge in [-0.15, -0.1) is 0 Å². The third-order valence-electron chi connectivity index (χ3n) is 2.27. The fourth-order valence-electron chi connectivity index (χ4n) is 1.55. The Morgan fingerprint density at radius 1 is 1.67 bits per heavy atom. The minimum absolute atomic E-state index is 0.673. The zero-order valence-electron chi connectivity index (χ0n) is 7.93. The summed E-state index contributed by atoms with van der Waals surface area (Å²) in [5, 5.41) is 0. The van der Waals surface area contributed by atoms with Gasteiger partial charge in [0, 0.05) is 0 Å². The predicted octanol–water partition coefficient (Wildman–Crippen LogP) is 3.64. The molecule has 0 spiro atoms. The molecule has 0 heteroatoms. The van der Waals surface area contributed by atoms with Crippen LogP contribution in [0.4, 0.5) is 0 Å². The summed E-state index contributed by atoms with van der Waals surface area (Å²) < 4.78 is 0. The van der Waals surface area contributed by atoms with Crippen LogP contribution in [-0.2, 0) is 0 Å². The molecule has 1 rings (SSSR count). The molecule has 0 aromatic rings. The van der Waals surface area contributed by atoms with Gasteiger partial charge in [-0.3, -0.25) is 0 Å². The molecule has 0 heterocycles. The van der Waals surface area contributed by atoms with Crippen molar-refractivity contribution in [3.8, 4) is 0 Å². The van der Waals surface area contributed by atoms with Gasteiger partial charge in [-0.2, -0.15) is 0 Å². The summed E-state index contributed by atoms with van der Waals surface area (Å²) in [6, 6.07) is 0. The molecule has 1 aliphatic carbocycles. The third kappa shape index (κ3) is 1.76. The van der Waals surface area contributed by atoms with Gasteiger partial charge < -0.3 is 0 Å². The molecule has 0 bridgehead atoms. The highest BCUT2D eigenvalue weighted by atomic mass is 14.1. The van der Waals surface area contributed by atoms with Gasteiger partial charge in [0.25, 0.3) is 0 Å². The van der Waals surface area contributed by atoms with E-state index in [1.165, 1.54) is 11.1 Å². The fourth-order valence-corrected chi connectivity index (χ4v) is 1.55. The fraction of sp³-hybridized carbons (Fsp3) is 0.333. The van der Waals surface area contributed by atoms with Crippen LogP contribution in [0.5, 0.6) is 0 Å². The molecule has 0 radical (unpaired) electrons. The highest BCUT2D eigenvalue weighted by molar-refractivity contribution is 5.48. The lowest BCUT2D eigenvalue weighted by molar-refractivity contribution is 0.702. The van der Waals surface area contributed by atoms with E-state index in [4.69, 9.17) is 0 Å². The van der Waals surface area contributed by atoms with E-state index in [1.807, 2.05) is 6.08 Å². The summed E-state index contributed by atoms with van der Waals surface area (Å²) in [6.45, 7) is 12.1. The van der Waals surface area contributed by atoms with Crippen LogP contribution in [0.2, 0.25) is 0 Å². The molecule has 12 heavy (non-hydrogen) atoms. The SMILES string of the molecule is C=CC(=C)C1=C(C)CC(C)C=C1. The van der Waals surface area contributed by atoms with Gasteiger partial charge in [-0.25, -0.2) is 0 Å². The Morgan fingerprint density at radius 2 is 2.33 bits per heavy atom. The summed E-state index contributed by atoms with van der Waals surface area (Å²) in [5.74, 6) is 0.673. The van der Waals surface area contributed by atoms with Gasteiger partial charge in [0.2, 0.25) is 0 Å². The zero-order valence-corrected chi connectivity index (χ0v) is 7.93. The van der Waals surface area contributed by atoms with Crippen LogP contribution in [-0.4, -0.2) is 0 Å². The van der Waals surface area contributed by atoms with E-state index in [0.29, 0.717) is 5.92 Å². The molecule has 64 valence electrons. The number of hydrogen-bond acceptors (Lipinski definition) is 0. The molecule has 1 atom stereocenters. The molecule has 0 saturated heterocycles. The topological polar surface area (TPSA) is 0 Å². The first-order valence-electron chi connectivity index (χ1n) is 4.34. The van der Waals surface area contributed by atoms with Crippen molar-refractivity contribution in [2.75, 3.05) is 0 Å². The van der Waals surface area contributed by atoms with Crippen LogP contribution in [0.15, 0.2) is 48.1 Å². The number of allylic oxidation sites excluding steroid dienone is 6. The van der Waals surface area contributed by atoms with Gasteiger partial charge in [0.1, 0.15) is 0 Å². The maximum Gasteiger partial charge on any atom is -0.0204 e. The molecular weight excluding hydrogens is 144 g/mol. The number of hydrogen-bond donors (Lipinski definition) is 0. The Kier molecular flexibility index (Phi) is 2.69. The molecule has 0 fully saturated rings. The zero-order chi connectivity index (χ0) is 9.14. The van der Waals surface area contributed by atoms with Crippen LogP contribution in [0.25, 0.3) is 0 Å². The molecular formula is C12H16. The largest absolute Gasteiger partial charge is 0.0985 e. The molecule has 1 unspecified atom stereocenters. The lowest BCUT2D eigenvalue weighted by atomic mass is 9.89. The summed E-state index contributed by atoms with van der Waals surface area (Å²) in [5.41, 5.74) is 3.73. The third-order valence-corrected chi connectivity index (χ3v) is 2.27. The standard InChI is InChI=1S/C12H16/c1-5-10(3)12-7-6-9(2)8-11(12)4/h5-7,9H,1,3,8H2,2,4H3. The molecule has 0 saturated carbocycles. The van der Waals surface area contributed by atoms with Crippen LogP contribution in [0.1, 0.15) is 20.3 Å². The monoisotopic (exact) mass is 160 g/mol. The quantitative estimate of drug-likeness (QED) is 0.541. The van der Waals surface area contributed by atoms with Gasteiger partial charge >= 0.3 is 0 Å². The van der Waals surface area contributed by atoms with Crippen molar-refractivity contribution in [1.29, 1.82) is 0 Å². The Hall–Kier alpha value is -1.04. The maximum absolute atomic E-state index is 3.95. The van der Waals surface area contributed by atoms with Gasteiger partial charge in [0.15, 0.2) is 0 Å². The second-order valence-corrected chi connectivity index (χ2v) is 3.46. The van der Waals surface area contributed by atoms with Crippen molar-refractivity contribution >= 4 is 0 Å². The van der Waals surface area contributed by atoms with Crippen molar-refractivity contribution < 1.29 is 0 Å².